The van der Waals surface area contributed by atoms with E-state index in [1.54, 1.807) is 30.3 Å². The molecule has 0 saturated heterocycles. The molecular formula is C13H13NO4. The van der Waals surface area contributed by atoms with Gasteiger partial charge < -0.3 is 14.8 Å². The van der Waals surface area contributed by atoms with E-state index in [-0.39, 0.29) is 5.91 Å². The summed E-state index contributed by atoms with van der Waals surface area (Å²) in [4.78, 5) is 34.3. The van der Waals surface area contributed by atoms with Gasteiger partial charge in [0.15, 0.2) is 0 Å². The highest BCUT2D eigenvalue weighted by Crippen LogP contribution is 2.43. The number of methoxy groups -OCH3 is 1. The molecule has 0 unspecified atom stereocenters. The Morgan fingerprint density at radius 1 is 1.39 bits per heavy atom. The molecule has 1 aromatic carbocycles. The summed E-state index contributed by atoms with van der Waals surface area (Å²) in [6, 6.07) is 8.52. The molecule has 1 N–H and O–H groups in total. The van der Waals surface area contributed by atoms with Crippen LogP contribution in [0, 0.1) is 5.92 Å². The van der Waals surface area contributed by atoms with Crippen LogP contribution in [0.2, 0.25) is 0 Å². The molecule has 1 amide bonds. The van der Waals surface area contributed by atoms with E-state index in [1.165, 1.54) is 7.11 Å². The van der Waals surface area contributed by atoms with E-state index < -0.39 is 17.4 Å². The minimum atomic E-state index is -1.18. The molecule has 0 aliphatic heterocycles. The van der Waals surface area contributed by atoms with Gasteiger partial charge in [-0.2, -0.15) is 0 Å². The second-order valence-electron chi connectivity index (χ2n) is 4.23. The minimum absolute atomic E-state index is 0.293. The lowest BCUT2D eigenvalue weighted by molar-refractivity contribution is -0.145. The number of hydrogen-bond donors (Lipinski definition) is 1. The summed E-state index contributed by atoms with van der Waals surface area (Å²) in [5.74, 6) is -1.47. The zero-order valence-corrected chi connectivity index (χ0v) is 9.88. The van der Waals surface area contributed by atoms with Crippen LogP contribution in [0.25, 0.3) is 0 Å². The Balaban J connectivity index is 2.15. The predicted molar refractivity (Wildman–Crippen MR) is 62.8 cm³/mol. The standard InChI is InChI=1S/C13H13NO4/c1-18-12(17)13(7-10(13)8-15)14-11(16)9-5-3-2-4-6-9/h2-6,8,10H,7H2,1H3,(H,14,16)/t10-,13-/m0/s1. The molecule has 0 bridgehead atoms. The molecule has 0 spiro atoms. The summed E-state index contributed by atoms with van der Waals surface area (Å²) in [5, 5.41) is 2.59. The predicted octanol–water partition coefficient (Wildman–Crippen LogP) is 0.547. The highest BCUT2D eigenvalue weighted by molar-refractivity contribution is 6.01. The molecule has 0 radical (unpaired) electrons. The molecule has 2 atom stereocenters. The maximum Gasteiger partial charge on any atom is 0.332 e. The van der Waals surface area contributed by atoms with E-state index >= 15 is 0 Å². The number of amides is 1. The van der Waals surface area contributed by atoms with Gasteiger partial charge in [0.1, 0.15) is 11.8 Å². The van der Waals surface area contributed by atoms with Gasteiger partial charge in [0.25, 0.3) is 5.91 Å². The second-order valence-corrected chi connectivity index (χ2v) is 4.23. The van der Waals surface area contributed by atoms with Gasteiger partial charge >= 0.3 is 5.97 Å². The molecule has 0 heterocycles. The molecule has 5 heteroatoms. The summed E-state index contributed by atoms with van der Waals surface area (Å²) in [6.45, 7) is 0. The Hall–Kier alpha value is -2.17. The molecule has 18 heavy (non-hydrogen) atoms. The van der Waals surface area contributed by atoms with Gasteiger partial charge in [-0.1, -0.05) is 18.2 Å². The van der Waals surface area contributed by atoms with Crippen molar-refractivity contribution in [2.24, 2.45) is 5.92 Å². The summed E-state index contributed by atoms with van der Waals surface area (Å²) in [7, 11) is 1.24. The number of nitrogens with one attached hydrogen (secondary N) is 1. The lowest BCUT2D eigenvalue weighted by Crippen LogP contribution is -2.45. The topological polar surface area (TPSA) is 72.5 Å². The number of carbonyl (C=O) groups is 3. The lowest BCUT2D eigenvalue weighted by Gasteiger charge is -2.15. The Labute approximate surface area is 104 Å². The third kappa shape index (κ3) is 1.99. The lowest BCUT2D eigenvalue weighted by atomic mass is 10.1. The van der Waals surface area contributed by atoms with E-state index in [9.17, 15) is 14.4 Å². The number of benzene rings is 1. The second kappa shape index (κ2) is 4.60. The monoisotopic (exact) mass is 247 g/mol. The van der Waals surface area contributed by atoms with Crippen LogP contribution in [0.15, 0.2) is 30.3 Å². The van der Waals surface area contributed by atoms with Crippen molar-refractivity contribution in [1.82, 2.24) is 5.32 Å². The number of hydrogen-bond acceptors (Lipinski definition) is 4. The maximum atomic E-state index is 11.9. The minimum Gasteiger partial charge on any atom is -0.467 e. The molecule has 0 aromatic heterocycles. The first-order valence-corrected chi connectivity index (χ1v) is 5.55. The fourth-order valence-corrected chi connectivity index (χ4v) is 1.93. The molecule has 2 rings (SSSR count). The highest BCUT2D eigenvalue weighted by Gasteiger charge is 2.62. The molecule has 1 saturated carbocycles. The fraction of sp³-hybridized carbons (Fsp3) is 0.308. The first-order chi connectivity index (χ1) is 8.64. The van der Waals surface area contributed by atoms with Crippen LogP contribution in [0.1, 0.15) is 16.8 Å². The van der Waals surface area contributed by atoms with E-state index in [0.29, 0.717) is 18.3 Å². The van der Waals surface area contributed by atoms with Crippen molar-refractivity contribution in [2.45, 2.75) is 12.0 Å². The zero-order chi connectivity index (χ0) is 13.2. The maximum absolute atomic E-state index is 11.9. The van der Waals surface area contributed by atoms with Crippen molar-refractivity contribution in [1.29, 1.82) is 0 Å². The third-order valence-electron chi connectivity index (χ3n) is 3.10. The Morgan fingerprint density at radius 2 is 2.06 bits per heavy atom. The fourth-order valence-electron chi connectivity index (χ4n) is 1.93. The van der Waals surface area contributed by atoms with Crippen molar-refractivity contribution >= 4 is 18.2 Å². The number of ether oxygens (including phenoxy) is 1. The summed E-state index contributed by atoms with van der Waals surface area (Å²) < 4.78 is 4.63. The molecule has 1 fully saturated rings. The number of carbonyl (C=O) groups excluding carboxylic acids is 3. The van der Waals surface area contributed by atoms with E-state index in [1.807, 2.05) is 0 Å². The SMILES string of the molecule is COC(=O)[C@]1(NC(=O)c2ccccc2)C[C@H]1C=O. The van der Waals surface area contributed by atoms with Gasteiger partial charge in [-0.3, -0.25) is 4.79 Å². The average molecular weight is 247 g/mol. The van der Waals surface area contributed by atoms with Crippen molar-refractivity contribution in [2.75, 3.05) is 7.11 Å². The average Bonchev–Trinajstić information content (AvgIpc) is 3.13. The van der Waals surface area contributed by atoms with Crippen LogP contribution in [0.3, 0.4) is 0 Å². The van der Waals surface area contributed by atoms with E-state index in [4.69, 9.17) is 0 Å². The number of esters is 1. The molecule has 1 aromatic rings. The van der Waals surface area contributed by atoms with Crippen molar-refractivity contribution in [3.05, 3.63) is 35.9 Å². The highest BCUT2D eigenvalue weighted by atomic mass is 16.5. The van der Waals surface area contributed by atoms with Gasteiger partial charge in [-0.15, -0.1) is 0 Å². The molecule has 94 valence electrons. The smallest absolute Gasteiger partial charge is 0.332 e. The van der Waals surface area contributed by atoms with Crippen molar-refractivity contribution < 1.29 is 19.1 Å². The quantitative estimate of drug-likeness (QED) is 0.623. The molecular weight excluding hydrogens is 234 g/mol. The summed E-state index contributed by atoms with van der Waals surface area (Å²) >= 11 is 0. The van der Waals surface area contributed by atoms with Gasteiger partial charge in [0.2, 0.25) is 0 Å². The van der Waals surface area contributed by atoms with Gasteiger partial charge in [-0.05, 0) is 18.6 Å². The van der Waals surface area contributed by atoms with Crippen LogP contribution in [0.5, 0.6) is 0 Å². The van der Waals surface area contributed by atoms with Crippen LogP contribution >= 0.6 is 0 Å². The number of aldehydes is 1. The summed E-state index contributed by atoms with van der Waals surface area (Å²) in [6.07, 6.45) is 0.962. The molecule has 5 nitrogen and oxygen atoms in total. The van der Waals surface area contributed by atoms with E-state index in [0.717, 1.165) is 0 Å². The first-order valence-electron chi connectivity index (χ1n) is 5.55. The first kappa shape index (κ1) is 12.3. The summed E-state index contributed by atoms with van der Waals surface area (Å²) in [5.41, 5.74) is -0.735. The van der Waals surface area contributed by atoms with Crippen LogP contribution < -0.4 is 5.32 Å². The zero-order valence-electron chi connectivity index (χ0n) is 9.88. The number of rotatable bonds is 4. The van der Waals surface area contributed by atoms with Crippen LogP contribution in [0.4, 0.5) is 0 Å². The Bertz CT molecular complexity index is 485. The normalized spacial score (nSPS) is 25.1. The molecule has 1 aliphatic rings. The largest absolute Gasteiger partial charge is 0.467 e. The van der Waals surface area contributed by atoms with Crippen LogP contribution in [-0.2, 0) is 14.3 Å². The van der Waals surface area contributed by atoms with Crippen molar-refractivity contribution in [3.63, 3.8) is 0 Å². The van der Waals surface area contributed by atoms with Gasteiger partial charge in [-0.25, -0.2) is 4.79 Å². The van der Waals surface area contributed by atoms with Gasteiger partial charge in [0, 0.05) is 5.56 Å². The molecule has 1 aliphatic carbocycles. The third-order valence-corrected chi connectivity index (χ3v) is 3.10. The van der Waals surface area contributed by atoms with E-state index in [2.05, 4.69) is 10.1 Å². The van der Waals surface area contributed by atoms with Crippen molar-refractivity contribution in [3.8, 4) is 0 Å². The van der Waals surface area contributed by atoms with Crippen LogP contribution in [-0.4, -0.2) is 30.8 Å². The Kier molecular flexibility index (Phi) is 3.14. The Morgan fingerprint density at radius 3 is 2.56 bits per heavy atom. The van der Waals surface area contributed by atoms with Gasteiger partial charge in [0.05, 0.1) is 13.0 Å².